The van der Waals surface area contributed by atoms with Crippen LogP contribution in [0, 0.1) is 4.64 Å². The van der Waals surface area contributed by atoms with Crippen molar-refractivity contribution in [2.45, 2.75) is 26.2 Å². The first-order valence-corrected chi connectivity index (χ1v) is 6.95. The zero-order valence-electron chi connectivity index (χ0n) is 11.3. The summed E-state index contributed by atoms with van der Waals surface area (Å²) in [5.41, 5.74) is 1.33. The van der Waals surface area contributed by atoms with Gasteiger partial charge in [0.2, 0.25) is 0 Å². The van der Waals surface area contributed by atoms with Crippen LogP contribution < -0.4 is 5.32 Å². The highest BCUT2D eigenvalue weighted by Crippen LogP contribution is 2.12. The molecule has 0 radical (unpaired) electrons. The molecule has 2 aromatic rings. The zero-order valence-corrected chi connectivity index (χ0v) is 12.1. The molecule has 19 heavy (non-hydrogen) atoms. The Morgan fingerprint density at radius 3 is 2.68 bits per heavy atom. The van der Waals surface area contributed by atoms with E-state index < -0.39 is 0 Å². The lowest BCUT2D eigenvalue weighted by molar-refractivity contribution is 0.771. The second kappa shape index (κ2) is 6.48. The second-order valence-electron chi connectivity index (χ2n) is 4.84. The van der Waals surface area contributed by atoms with E-state index in [4.69, 9.17) is 12.2 Å². The quantitative estimate of drug-likeness (QED) is 0.811. The third-order valence-corrected chi connectivity index (χ3v) is 3.09. The van der Waals surface area contributed by atoms with Gasteiger partial charge in [-0.2, -0.15) is 0 Å². The molecule has 0 saturated carbocycles. The molecule has 0 aliphatic rings. The van der Waals surface area contributed by atoms with Gasteiger partial charge in [-0.3, -0.25) is 0 Å². The SMILES string of the molecule is CC(C)c1nc(=S)cc(NCCc2ccccc2)[nH]1. The smallest absolute Gasteiger partial charge is 0.131 e. The molecule has 2 N–H and O–H groups in total. The van der Waals surface area contributed by atoms with E-state index in [0.29, 0.717) is 10.6 Å². The molecule has 3 nitrogen and oxygen atoms in total. The van der Waals surface area contributed by atoms with Crippen molar-refractivity contribution in [3.05, 3.63) is 52.4 Å². The first-order chi connectivity index (χ1) is 9.15. The molecule has 0 unspecified atom stereocenters. The Hall–Kier alpha value is -1.68. The van der Waals surface area contributed by atoms with Gasteiger partial charge in [0.1, 0.15) is 16.3 Å². The highest BCUT2D eigenvalue weighted by Gasteiger charge is 2.03. The zero-order chi connectivity index (χ0) is 13.7. The van der Waals surface area contributed by atoms with Crippen LogP contribution in [0.25, 0.3) is 0 Å². The van der Waals surface area contributed by atoms with E-state index in [1.54, 1.807) is 0 Å². The molecule has 0 atom stereocenters. The number of H-pyrrole nitrogens is 1. The summed E-state index contributed by atoms with van der Waals surface area (Å²) in [4.78, 5) is 7.60. The predicted molar refractivity (Wildman–Crippen MR) is 82.1 cm³/mol. The molecule has 100 valence electrons. The number of aromatic nitrogens is 2. The monoisotopic (exact) mass is 273 g/mol. The Bertz CT molecular complexity index is 575. The van der Waals surface area contributed by atoms with E-state index in [0.717, 1.165) is 24.6 Å². The van der Waals surface area contributed by atoms with Gasteiger partial charge < -0.3 is 10.3 Å². The van der Waals surface area contributed by atoms with Crippen molar-refractivity contribution in [3.8, 4) is 0 Å². The van der Waals surface area contributed by atoms with Gasteiger partial charge in [0.15, 0.2) is 0 Å². The minimum Gasteiger partial charge on any atom is -0.371 e. The lowest BCUT2D eigenvalue weighted by Gasteiger charge is -2.10. The molecule has 1 aromatic carbocycles. The largest absolute Gasteiger partial charge is 0.371 e. The van der Waals surface area contributed by atoms with E-state index >= 15 is 0 Å². The number of hydrogen-bond acceptors (Lipinski definition) is 3. The third kappa shape index (κ3) is 4.17. The van der Waals surface area contributed by atoms with Crippen molar-refractivity contribution in [1.29, 1.82) is 0 Å². The molecule has 1 heterocycles. The lowest BCUT2D eigenvalue weighted by Crippen LogP contribution is -2.08. The van der Waals surface area contributed by atoms with Gasteiger partial charge in [-0.1, -0.05) is 56.4 Å². The average molecular weight is 273 g/mol. The van der Waals surface area contributed by atoms with Crippen LogP contribution in [0.2, 0.25) is 0 Å². The van der Waals surface area contributed by atoms with Gasteiger partial charge in [-0.05, 0) is 12.0 Å². The van der Waals surface area contributed by atoms with Gasteiger partial charge in [-0.15, -0.1) is 0 Å². The Balaban J connectivity index is 1.98. The molecule has 0 aliphatic heterocycles. The topological polar surface area (TPSA) is 40.7 Å². The summed E-state index contributed by atoms with van der Waals surface area (Å²) >= 11 is 5.18. The first kappa shape index (κ1) is 13.7. The fourth-order valence-corrected chi connectivity index (χ4v) is 2.05. The number of benzene rings is 1. The average Bonchev–Trinajstić information content (AvgIpc) is 2.39. The normalized spacial score (nSPS) is 10.7. The van der Waals surface area contributed by atoms with Crippen LogP contribution in [0.5, 0.6) is 0 Å². The van der Waals surface area contributed by atoms with Gasteiger partial charge in [0.25, 0.3) is 0 Å². The van der Waals surface area contributed by atoms with Crippen LogP contribution in [0.1, 0.15) is 31.2 Å². The fourth-order valence-electron chi connectivity index (χ4n) is 1.83. The lowest BCUT2D eigenvalue weighted by atomic mass is 10.1. The Morgan fingerprint density at radius 2 is 2.00 bits per heavy atom. The van der Waals surface area contributed by atoms with Crippen LogP contribution in [-0.4, -0.2) is 16.5 Å². The van der Waals surface area contributed by atoms with Crippen molar-refractivity contribution in [1.82, 2.24) is 9.97 Å². The van der Waals surface area contributed by atoms with E-state index in [9.17, 15) is 0 Å². The van der Waals surface area contributed by atoms with Gasteiger partial charge in [0.05, 0.1) is 0 Å². The molecule has 0 spiro atoms. The summed E-state index contributed by atoms with van der Waals surface area (Å²) in [6.07, 6.45) is 0.987. The van der Waals surface area contributed by atoms with E-state index in [1.807, 2.05) is 12.1 Å². The maximum absolute atomic E-state index is 5.18. The molecule has 0 fully saturated rings. The standard InChI is InChI=1S/C15H19N3S/c1-11(2)15-17-13(10-14(19)18-15)16-9-8-12-6-4-3-5-7-12/h3-7,10-11H,8-9H2,1-2H3,(H2,16,17,18,19). The van der Waals surface area contributed by atoms with Crippen LogP contribution in [0.15, 0.2) is 36.4 Å². The van der Waals surface area contributed by atoms with E-state index in [1.165, 1.54) is 5.56 Å². The molecular formula is C15H19N3S. The maximum Gasteiger partial charge on any atom is 0.131 e. The van der Waals surface area contributed by atoms with Crippen molar-refractivity contribution in [2.75, 3.05) is 11.9 Å². The number of rotatable bonds is 5. The van der Waals surface area contributed by atoms with Crippen molar-refractivity contribution < 1.29 is 0 Å². The van der Waals surface area contributed by atoms with E-state index in [-0.39, 0.29) is 0 Å². The molecule has 1 aromatic heterocycles. The highest BCUT2D eigenvalue weighted by atomic mass is 32.1. The number of aromatic amines is 1. The minimum absolute atomic E-state index is 0.345. The summed E-state index contributed by atoms with van der Waals surface area (Å²) < 4.78 is 0.629. The summed E-state index contributed by atoms with van der Waals surface area (Å²) in [5.74, 6) is 2.21. The summed E-state index contributed by atoms with van der Waals surface area (Å²) in [7, 11) is 0. The highest BCUT2D eigenvalue weighted by molar-refractivity contribution is 7.71. The number of hydrogen-bond donors (Lipinski definition) is 2. The summed E-state index contributed by atoms with van der Waals surface area (Å²) in [5, 5.41) is 3.37. The van der Waals surface area contributed by atoms with Crippen molar-refractivity contribution >= 4 is 18.0 Å². The molecular weight excluding hydrogens is 254 g/mol. The Labute approximate surface area is 119 Å². The summed E-state index contributed by atoms with van der Waals surface area (Å²) in [6.45, 7) is 5.07. The number of nitrogens with one attached hydrogen (secondary N) is 2. The van der Waals surface area contributed by atoms with Crippen LogP contribution in [-0.2, 0) is 6.42 Å². The Morgan fingerprint density at radius 1 is 1.26 bits per heavy atom. The van der Waals surface area contributed by atoms with Gasteiger partial charge in [-0.25, -0.2) is 4.98 Å². The van der Waals surface area contributed by atoms with Gasteiger partial charge >= 0.3 is 0 Å². The molecule has 0 bridgehead atoms. The van der Waals surface area contributed by atoms with Gasteiger partial charge in [0, 0.05) is 18.5 Å². The number of nitrogens with zero attached hydrogens (tertiary/aromatic N) is 1. The van der Waals surface area contributed by atoms with Crippen molar-refractivity contribution in [3.63, 3.8) is 0 Å². The number of anilines is 1. The van der Waals surface area contributed by atoms with Crippen LogP contribution >= 0.6 is 12.2 Å². The fraction of sp³-hybridized carbons (Fsp3) is 0.333. The Kier molecular flexibility index (Phi) is 4.68. The first-order valence-electron chi connectivity index (χ1n) is 6.54. The minimum atomic E-state index is 0.345. The van der Waals surface area contributed by atoms with Crippen LogP contribution in [0.4, 0.5) is 5.82 Å². The van der Waals surface area contributed by atoms with E-state index in [2.05, 4.69) is 53.4 Å². The molecule has 0 amide bonds. The summed E-state index contributed by atoms with van der Waals surface area (Å²) in [6, 6.07) is 12.3. The van der Waals surface area contributed by atoms with Crippen LogP contribution in [0.3, 0.4) is 0 Å². The third-order valence-electron chi connectivity index (χ3n) is 2.88. The molecule has 0 saturated heterocycles. The predicted octanol–water partition coefficient (Wildman–Crippen LogP) is 3.92. The molecule has 2 rings (SSSR count). The second-order valence-corrected chi connectivity index (χ2v) is 5.25. The maximum atomic E-state index is 5.18. The molecule has 4 heteroatoms. The van der Waals surface area contributed by atoms with Crippen molar-refractivity contribution in [2.24, 2.45) is 0 Å². The molecule has 0 aliphatic carbocycles.